The second-order valence-electron chi connectivity index (χ2n) is 11.2. The zero-order valence-electron chi connectivity index (χ0n) is 23.8. The van der Waals surface area contributed by atoms with E-state index in [0.29, 0.717) is 17.5 Å². The van der Waals surface area contributed by atoms with Gasteiger partial charge in [-0.2, -0.15) is 26.9 Å². The van der Waals surface area contributed by atoms with Crippen molar-refractivity contribution < 1.29 is 40.3 Å². The lowest BCUT2D eigenvalue weighted by Gasteiger charge is -2.21. The molecule has 0 atom stereocenters. The number of aromatic nitrogens is 1. The van der Waals surface area contributed by atoms with E-state index in [0.717, 1.165) is 12.1 Å². The van der Waals surface area contributed by atoms with E-state index in [9.17, 15) is 35.9 Å². The number of anilines is 1. The molecule has 43 heavy (non-hydrogen) atoms. The van der Waals surface area contributed by atoms with Crippen LogP contribution in [0.4, 0.5) is 32.2 Å². The monoisotopic (exact) mass is 605 g/mol. The molecule has 0 bridgehead atoms. The summed E-state index contributed by atoms with van der Waals surface area (Å²) in [5.74, 6) is -6.84. The van der Waals surface area contributed by atoms with Crippen molar-refractivity contribution in [3.63, 3.8) is 0 Å². The van der Waals surface area contributed by atoms with Gasteiger partial charge in [0.2, 0.25) is 5.71 Å². The molecule has 2 aromatic heterocycles. The molecule has 228 valence electrons. The molecule has 0 aliphatic rings. The minimum Gasteiger partial charge on any atom is -0.437 e. The summed E-state index contributed by atoms with van der Waals surface area (Å²) >= 11 is 0. The van der Waals surface area contributed by atoms with E-state index < -0.39 is 36.2 Å². The number of hydrogen-bond donors (Lipinski definition) is 2. The zero-order chi connectivity index (χ0) is 31.7. The van der Waals surface area contributed by atoms with Crippen molar-refractivity contribution in [1.82, 2.24) is 10.3 Å². The van der Waals surface area contributed by atoms with Crippen LogP contribution in [0.2, 0.25) is 0 Å². The fourth-order valence-electron chi connectivity index (χ4n) is 4.32. The van der Waals surface area contributed by atoms with Crippen molar-refractivity contribution in [2.24, 2.45) is 5.41 Å². The number of benzene rings is 2. The third kappa shape index (κ3) is 7.00. The number of hydrogen-bond acceptors (Lipinski definition) is 5. The number of alkyl halides is 5. The van der Waals surface area contributed by atoms with E-state index in [1.807, 2.05) is 20.8 Å². The Kier molecular flexibility index (Phi) is 8.62. The summed E-state index contributed by atoms with van der Waals surface area (Å²) in [7, 11) is 1.37. The van der Waals surface area contributed by atoms with Crippen molar-refractivity contribution >= 4 is 28.6 Å². The Bertz CT molecular complexity index is 1650. The molecule has 0 fully saturated rings. The van der Waals surface area contributed by atoms with Gasteiger partial charge in [-0.25, -0.2) is 4.39 Å². The first-order valence-electron chi connectivity index (χ1n) is 13.3. The van der Waals surface area contributed by atoms with Gasteiger partial charge < -0.3 is 15.1 Å². The van der Waals surface area contributed by atoms with Crippen LogP contribution in [0.5, 0.6) is 0 Å². The number of carbonyl (C=O) groups excluding carboxylic acids is 2. The molecule has 0 aliphatic heterocycles. The minimum atomic E-state index is -5.82. The Morgan fingerprint density at radius 1 is 0.930 bits per heavy atom. The van der Waals surface area contributed by atoms with Crippen molar-refractivity contribution in [3.8, 4) is 22.5 Å². The lowest BCUT2D eigenvalue weighted by Crippen LogP contribution is -2.42. The van der Waals surface area contributed by atoms with Gasteiger partial charge >= 0.3 is 12.1 Å². The Morgan fingerprint density at radius 2 is 1.60 bits per heavy atom. The third-order valence-corrected chi connectivity index (χ3v) is 6.73. The molecule has 6 nitrogen and oxygen atoms in total. The van der Waals surface area contributed by atoms with Crippen LogP contribution in [0.1, 0.15) is 54.3 Å². The van der Waals surface area contributed by atoms with Crippen LogP contribution in [-0.4, -0.2) is 42.4 Å². The standard InChI is InChI=1S/C31H29F6N3O3/c1-29(2,3)13-12-23(41)19-7-5-6-18(14-19)21-15-22-24(27(42)38-4)25(17-8-10-20(32)11-9-17)43-28(22)40-26(21)39-16-30(33,34)31(35,36)37/h5-11,14-15H,12-13,16H2,1-4H3,(H,38,42)(H,39,40). The van der Waals surface area contributed by atoms with Crippen LogP contribution < -0.4 is 10.6 Å². The third-order valence-electron chi connectivity index (χ3n) is 6.73. The highest BCUT2D eigenvalue weighted by atomic mass is 19.4. The molecule has 0 unspecified atom stereocenters. The van der Waals surface area contributed by atoms with Crippen LogP contribution in [0.3, 0.4) is 0 Å². The van der Waals surface area contributed by atoms with Gasteiger partial charge in [0.15, 0.2) is 5.78 Å². The van der Waals surface area contributed by atoms with Gasteiger partial charge in [0, 0.05) is 30.2 Å². The van der Waals surface area contributed by atoms with E-state index in [-0.39, 0.29) is 51.2 Å². The van der Waals surface area contributed by atoms with Crippen LogP contribution in [0.25, 0.3) is 33.6 Å². The Hall–Kier alpha value is -4.35. The number of nitrogens with one attached hydrogen (secondary N) is 2. The molecule has 0 radical (unpaired) electrons. The Labute approximate surface area is 243 Å². The maximum atomic E-state index is 13.9. The number of carbonyl (C=O) groups is 2. The summed E-state index contributed by atoms with van der Waals surface area (Å²) in [6.07, 6.45) is -4.99. The van der Waals surface area contributed by atoms with Gasteiger partial charge in [-0.1, -0.05) is 39.0 Å². The molecule has 2 heterocycles. The molecule has 0 saturated carbocycles. The van der Waals surface area contributed by atoms with E-state index >= 15 is 0 Å². The maximum Gasteiger partial charge on any atom is 0.455 e. The molecular weight excluding hydrogens is 576 g/mol. The summed E-state index contributed by atoms with van der Waals surface area (Å²) in [5.41, 5.74) is 0.569. The smallest absolute Gasteiger partial charge is 0.437 e. The van der Waals surface area contributed by atoms with Gasteiger partial charge in [-0.15, -0.1) is 0 Å². The number of halogens is 6. The van der Waals surface area contributed by atoms with Crippen LogP contribution in [0, 0.1) is 11.2 Å². The fraction of sp³-hybridized carbons (Fsp3) is 0.323. The van der Waals surface area contributed by atoms with Gasteiger partial charge in [-0.3, -0.25) is 9.59 Å². The van der Waals surface area contributed by atoms with Gasteiger partial charge in [0.1, 0.15) is 17.4 Å². The quantitative estimate of drug-likeness (QED) is 0.148. The molecule has 0 saturated heterocycles. The zero-order valence-corrected chi connectivity index (χ0v) is 23.8. The van der Waals surface area contributed by atoms with Crippen LogP contribution in [0.15, 0.2) is 59.0 Å². The van der Waals surface area contributed by atoms with E-state index in [1.165, 1.54) is 37.4 Å². The molecular formula is C31H29F6N3O3. The van der Waals surface area contributed by atoms with Crippen molar-refractivity contribution in [1.29, 1.82) is 0 Å². The second-order valence-corrected chi connectivity index (χ2v) is 11.2. The first-order chi connectivity index (χ1) is 20.0. The largest absolute Gasteiger partial charge is 0.455 e. The number of Topliss-reactive ketones (excluding diaryl/α,β-unsaturated/α-hetero) is 1. The molecule has 12 heteroatoms. The highest BCUT2D eigenvalue weighted by molar-refractivity contribution is 6.11. The Morgan fingerprint density at radius 3 is 2.21 bits per heavy atom. The number of nitrogens with zero attached hydrogens (tertiary/aromatic N) is 1. The number of ketones is 1. The Balaban J connectivity index is 1.90. The highest BCUT2D eigenvalue weighted by Crippen LogP contribution is 2.40. The van der Waals surface area contributed by atoms with Crippen molar-refractivity contribution in [2.45, 2.75) is 45.7 Å². The normalized spacial score (nSPS) is 12.4. The first kappa shape index (κ1) is 31.6. The molecule has 4 aromatic rings. The van der Waals surface area contributed by atoms with Gasteiger partial charge in [0.05, 0.1) is 17.5 Å². The fourth-order valence-corrected chi connectivity index (χ4v) is 4.32. The number of rotatable bonds is 9. The minimum absolute atomic E-state index is 0.0116. The molecule has 4 rings (SSSR count). The SMILES string of the molecule is CNC(=O)c1c(-c2ccc(F)cc2)oc2nc(NCC(F)(F)C(F)(F)F)c(-c3cccc(C(=O)CCC(C)(C)C)c3)cc12. The number of furan rings is 1. The number of fused-ring (bicyclic) bond motifs is 1. The second kappa shape index (κ2) is 11.7. The molecule has 0 spiro atoms. The predicted molar refractivity (Wildman–Crippen MR) is 151 cm³/mol. The summed E-state index contributed by atoms with van der Waals surface area (Å²) in [4.78, 5) is 30.1. The van der Waals surface area contributed by atoms with E-state index in [2.05, 4.69) is 15.6 Å². The van der Waals surface area contributed by atoms with Crippen molar-refractivity contribution in [2.75, 3.05) is 18.9 Å². The average Bonchev–Trinajstić information content (AvgIpc) is 3.31. The molecule has 1 amide bonds. The molecule has 2 N–H and O–H groups in total. The molecule has 2 aromatic carbocycles. The number of pyridine rings is 1. The van der Waals surface area contributed by atoms with Gasteiger partial charge in [-0.05, 0) is 53.8 Å². The summed E-state index contributed by atoms with van der Waals surface area (Å²) in [6, 6.07) is 12.5. The van der Waals surface area contributed by atoms with Crippen LogP contribution >= 0.6 is 0 Å². The summed E-state index contributed by atoms with van der Waals surface area (Å²) in [6.45, 7) is 4.13. The lowest BCUT2D eigenvalue weighted by atomic mass is 9.88. The average molecular weight is 606 g/mol. The molecule has 0 aliphatic carbocycles. The lowest BCUT2D eigenvalue weighted by molar-refractivity contribution is -0.275. The van der Waals surface area contributed by atoms with E-state index in [1.54, 1.807) is 12.1 Å². The van der Waals surface area contributed by atoms with Crippen molar-refractivity contribution in [3.05, 3.63) is 71.5 Å². The number of amides is 1. The summed E-state index contributed by atoms with van der Waals surface area (Å²) in [5, 5.41) is 4.69. The van der Waals surface area contributed by atoms with Gasteiger partial charge in [0.25, 0.3) is 5.91 Å². The highest BCUT2D eigenvalue weighted by Gasteiger charge is 2.57. The van der Waals surface area contributed by atoms with Crippen LogP contribution in [-0.2, 0) is 0 Å². The predicted octanol–water partition coefficient (Wildman–Crippen LogP) is 8.28. The van der Waals surface area contributed by atoms with E-state index in [4.69, 9.17) is 4.42 Å². The first-order valence-corrected chi connectivity index (χ1v) is 13.3. The summed E-state index contributed by atoms with van der Waals surface area (Å²) < 4.78 is 86.2. The maximum absolute atomic E-state index is 13.9. The topological polar surface area (TPSA) is 84.2 Å².